The van der Waals surface area contributed by atoms with Gasteiger partial charge in [0, 0.05) is 16.1 Å². The molecule has 2 aromatic carbocycles. The lowest BCUT2D eigenvalue weighted by Gasteiger charge is -2.18. The van der Waals surface area contributed by atoms with Gasteiger partial charge in [-0.2, -0.15) is 0 Å². The summed E-state index contributed by atoms with van der Waals surface area (Å²) in [5.41, 5.74) is 6.05. The van der Waals surface area contributed by atoms with Crippen LogP contribution in [0.4, 0.5) is 5.69 Å². The van der Waals surface area contributed by atoms with E-state index in [1.54, 1.807) is 0 Å². The van der Waals surface area contributed by atoms with Crippen molar-refractivity contribution in [1.29, 1.82) is 0 Å². The second-order valence-electron chi connectivity index (χ2n) is 8.43. The van der Waals surface area contributed by atoms with Crippen LogP contribution in [0.25, 0.3) is 21.3 Å². The van der Waals surface area contributed by atoms with E-state index in [2.05, 4.69) is 49.3 Å². The van der Waals surface area contributed by atoms with Crippen molar-refractivity contribution >= 4 is 33.1 Å². The van der Waals surface area contributed by atoms with Gasteiger partial charge in [0.15, 0.2) is 0 Å². The number of hydrogen-bond acceptors (Lipinski definition) is 4. The number of nitrogens with one attached hydrogen (secondary N) is 1. The molecule has 0 bridgehead atoms. The SMILES string of the molecule is CCc1ccc(NC(=O)[C@@H](CC)n2cnc3sc(C)c(-c4ccc(C)c(C)c4)c3c2=O)cc1. The van der Waals surface area contributed by atoms with Crippen LogP contribution in [0.2, 0.25) is 0 Å². The molecule has 33 heavy (non-hydrogen) atoms. The molecule has 2 aromatic heterocycles. The summed E-state index contributed by atoms with van der Waals surface area (Å²) in [5.74, 6) is -0.218. The van der Waals surface area contributed by atoms with Crippen molar-refractivity contribution in [2.45, 2.75) is 53.5 Å². The van der Waals surface area contributed by atoms with Crippen LogP contribution in [-0.2, 0) is 11.2 Å². The van der Waals surface area contributed by atoms with E-state index in [9.17, 15) is 9.59 Å². The highest BCUT2D eigenvalue weighted by Gasteiger charge is 2.24. The Hall–Kier alpha value is -3.25. The molecule has 0 aliphatic rings. The zero-order valence-electron chi connectivity index (χ0n) is 19.7. The van der Waals surface area contributed by atoms with Gasteiger partial charge in [0.05, 0.1) is 11.7 Å². The average Bonchev–Trinajstić information content (AvgIpc) is 3.15. The number of benzene rings is 2. The molecule has 6 heteroatoms. The fourth-order valence-electron chi connectivity index (χ4n) is 4.14. The number of aryl methyl sites for hydroxylation is 4. The minimum atomic E-state index is -0.645. The Morgan fingerprint density at radius 3 is 2.42 bits per heavy atom. The van der Waals surface area contributed by atoms with Crippen LogP contribution in [0.1, 0.15) is 47.9 Å². The molecular weight excluding hydrogens is 430 g/mol. The number of hydrogen-bond donors (Lipinski definition) is 1. The minimum Gasteiger partial charge on any atom is -0.324 e. The summed E-state index contributed by atoms with van der Waals surface area (Å²) in [7, 11) is 0. The van der Waals surface area contributed by atoms with Crippen LogP contribution >= 0.6 is 11.3 Å². The maximum atomic E-state index is 13.7. The van der Waals surface area contributed by atoms with Gasteiger partial charge >= 0.3 is 0 Å². The normalized spacial score (nSPS) is 12.2. The van der Waals surface area contributed by atoms with Gasteiger partial charge in [-0.05, 0) is 68.0 Å². The molecule has 0 fully saturated rings. The highest BCUT2D eigenvalue weighted by Crippen LogP contribution is 2.36. The molecule has 0 saturated heterocycles. The van der Waals surface area contributed by atoms with Crippen LogP contribution in [0.3, 0.4) is 0 Å². The lowest BCUT2D eigenvalue weighted by molar-refractivity contribution is -0.119. The number of nitrogens with zero attached hydrogens (tertiary/aromatic N) is 2. The molecule has 0 aliphatic carbocycles. The predicted octanol–water partition coefficient (Wildman–Crippen LogP) is 6.20. The molecule has 0 radical (unpaired) electrons. The fourth-order valence-corrected chi connectivity index (χ4v) is 5.14. The second-order valence-corrected chi connectivity index (χ2v) is 9.64. The number of carbonyl (C=O) groups excluding carboxylic acids is 1. The summed E-state index contributed by atoms with van der Waals surface area (Å²) in [6.07, 6.45) is 2.93. The number of thiophene rings is 1. The molecule has 4 aromatic rings. The Kier molecular flexibility index (Phi) is 6.47. The van der Waals surface area contributed by atoms with Gasteiger partial charge in [-0.1, -0.05) is 44.2 Å². The zero-order chi connectivity index (χ0) is 23.7. The van der Waals surface area contributed by atoms with Gasteiger partial charge in [0.1, 0.15) is 10.9 Å². The number of rotatable bonds is 6. The van der Waals surface area contributed by atoms with Crippen molar-refractivity contribution in [2.24, 2.45) is 0 Å². The summed E-state index contributed by atoms with van der Waals surface area (Å²) < 4.78 is 1.48. The first-order chi connectivity index (χ1) is 15.8. The molecule has 0 saturated carbocycles. The van der Waals surface area contributed by atoms with Gasteiger partial charge < -0.3 is 5.32 Å². The molecular formula is C27H29N3O2S. The van der Waals surface area contributed by atoms with Crippen molar-refractivity contribution < 1.29 is 4.79 Å². The van der Waals surface area contributed by atoms with Crippen molar-refractivity contribution in [3.05, 3.63) is 80.7 Å². The van der Waals surface area contributed by atoms with Crippen molar-refractivity contribution in [3.63, 3.8) is 0 Å². The lowest BCUT2D eigenvalue weighted by Crippen LogP contribution is -2.33. The summed E-state index contributed by atoms with van der Waals surface area (Å²) in [5, 5.41) is 3.54. The summed E-state index contributed by atoms with van der Waals surface area (Å²) in [4.78, 5) is 33.1. The molecule has 0 spiro atoms. The molecule has 1 amide bonds. The molecule has 170 valence electrons. The van der Waals surface area contributed by atoms with E-state index in [0.717, 1.165) is 28.1 Å². The summed E-state index contributed by atoms with van der Waals surface area (Å²) in [6.45, 7) is 10.2. The monoisotopic (exact) mass is 459 g/mol. The van der Waals surface area contributed by atoms with Crippen LogP contribution < -0.4 is 10.9 Å². The molecule has 4 rings (SSSR count). The molecule has 1 N–H and O–H groups in total. The Labute approximate surface area is 198 Å². The predicted molar refractivity (Wildman–Crippen MR) is 137 cm³/mol. The molecule has 5 nitrogen and oxygen atoms in total. The van der Waals surface area contributed by atoms with Gasteiger partial charge in [-0.15, -0.1) is 11.3 Å². The summed E-state index contributed by atoms with van der Waals surface area (Å²) in [6, 6.07) is 13.4. The standard InChI is InChI=1S/C27H29N3O2S/c1-6-19-9-12-21(13-10-19)29-25(31)22(7-2)30-15-28-26-24(27(30)32)23(18(5)33-26)20-11-8-16(3)17(4)14-20/h8-15,22H,6-7H2,1-5H3,(H,29,31)/t22-/m1/s1. The van der Waals surface area contributed by atoms with E-state index >= 15 is 0 Å². The van der Waals surface area contributed by atoms with E-state index < -0.39 is 6.04 Å². The smallest absolute Gasteiger partial charge is 0.263 e. The maximum absolute atomic E-state index is 13.7. The van der Waals surface area contributed by atoms with Crippen molar-refractivity contribution in [3.8, 4) is 11.1 Å². The quantitative estimate of drug-likeness (QED) is 0.373. The topological polar surface area (TPSA) is 64.0 Å². The number of amides is 1. The van der Waals surface area contributed by atoms with Crippen molar-refractivity contribution in [2.75, 3.05) is 5.32 Å². The van der Waals surface area contributed by atoms with E-state index in [4.69, 9.17) is 0 Å². The zero-order valence-corrected chi connectivity index (χ0v) is 20.5. The third kappa shape index (κ3) is 4.35. The largest absolute Gasteiger partial charge is 0.324 e. The highest BCUT2D eigenvalue weighted by molar-refractivity contribution is 7.19. The Balaban J connectivity index is 1.76. The van der Waals surface area contributed by atoms with Crippen LogP contribution in [0, 0.1) is 20.8 Å². The summed E-state index contributed by atoms with van der Waals surface area (Å²) >= 11 is 1.52. The third-order valence-electron chi connectivity index (χ3n) is 6.26. The van der Waals surface area contributed by atoms with Gasteiger partial charge in [-0.3, -0.25) is 14.2 Å². The Bertz CT molecular complexity index is 1380. The fraction of sp³-hybridized carbons (Fsp3) is 0.296. The van der Waals surface area contributed by atoms with Gasteiger partial charge in [0.2, 0.25) is 5.91 Å². The maximum Gasteiger partial charge on any atom is 0.263 e. The van der Waals surface area contributed by atoms with E-state index in [-0.39, 0.29) is 11.5 Å². The lowest BCUT2D eigenvalue weighted by atomic mass is 9.99. The number of carbonyl (C=O) groups is 1. The van der Waals surface area contributed by atoms with E-state index in [0.29, 0.717) is 16.6 Å². The number of anilines is 1. The molecule has 1 atom stereocenters. The minimum absolute atomic E-state index is 0.180. The van der Waals surface area contributed by atoms with Gasteiger partial charge in [0.25, 0.3) is 5.56 Å². The molecule has 2 heterocycles. The van der Waals surface area contributed by atoms with Crippen LogP contribution in [-0.4, -0.2) is 15.5 Å². The first-order valence-corrected chi connectivity index (χ1v) is 12.1. The average molecular weight is 460 g/mol. The first kappa shape index (κ1) is 22.9. The van der Waals surface area contributed by atoms with Gasteiger partial charge in [-0.25, -0.2) is 4.98 Å². The molecule has 0 aliphatic heterocycles. The second kappa shape index (κ2) is 9.32. The van der Waals surface area contributed by atoms with Crippen LogP contribution in [0.15, 0.2) is 53.6 Å². The highest BCUT2D eigenvalue weighted by atomic mass is 32.1. The van der Waals surface area contributed by atoms with E-state index in [1.807, 2.05) is 38.1 Å². The van der Waals surface area contributed by atoms with Crippen LogP contribution in [0.5, 0.6) is 0 Å². The first-order valence-electron chi connectivity index (χ1n) is 11.3. The number of aromatic nitrogens is 2. The van der Waals surface area contributed by atoms with E-state index in [1.165, 1.54) is 38.9 Å². The van der Waals surface area contributed by atoms with Crippen molar-refractivity contribution in [1.82, 2.24) is 9.55 Å². The third-order valence-corrected chi connectivity index (χ3v) is 7.28. The molecule has 0 unspecified atom stereocenters. The Morgan fingerprint density at radius 1 is 1.06 bits per heavy atom. The number of fused-ring (bicyclic) bond motifs is 1. The Morgan fingerprint density at radius 2 is 1.79 bits per heavy atom.